The lowest BCUT2D eigenvalue weighted by Crippen LogP contribution is -2.36. The van der Waals surface area contributed by atoms with Crippen LogP contribution in [-0.2, 0) is 11.3 Å². The lowest BCUT2D eigenvalue weighted by Gasteiger charge is -2.02. The molecule has 0 atom stereocenters. The van der Waals surface area contributed by atoms with Gasteiger partial charge in [-0.2, -0.15) is 10.4 Å². The summed E-state index contributed by atoms with van der Waals surface area (Å²) in [6.07, 6.45) is 1.30. The summed E-state index contributed by atoms with van der Waals surface area (Å²) in [5, 5.41) is 17.3. The molecule has 5 heteroatoms. The average Bonchev–Trinajstić information content (AvgIpc) is 2.35. The number of hydrazone groups is 1. The minimum Gasteiger partial charge on any atom is -0.370 e. The molecule has 0 aliphatic rings. The number of benzene rings is 1. The molecule has 0 fully saturated rings. The van der Waals surface area contributed by atoms with Crippen molar-refractivity contribution in [1.82, 2.24) is 0 Å². The summed E-state index contributed by atoms with van der Waals surface area (Å²) in [6, 6.07) is 9.21. The third-order valence-corrected chi connectivity index (χ3v) is 1.96. The molecule has 0 aliphatic carbocycles. The van der Waals surface area contributed by atoms with Gasteiger partial charge < -0.3 is 10.6 Å². The van der Waals surface area contributed by atoms with Gasteiger partial charge in [-0.25, -0.2) is 0 Å². The Morgan fingerprint density at radius 1 is 1.50 bits per heavy atom. The van der Waals surface area contributed by atoms with Crippen molar-refractivity contribution in [3.8, 4) is 6.07 Å². The molecule has 0 aliphatic heterocycles. The van der Waals surface area contributed by atoms with E-state index in [2.05, 4.69) is 5.10 Å². The molecule has 5 nitrogen and oxygen atoms in total. The first kappa shape index (κ1) is 11.9. The summed E-state index contributed by atoms with van der Waals surface area (Å²) in [7, 11) is 0. The van der Waals surface area contributed by atoms with Crippen LogP contribution in [0.4, 0.5) is 0 Å². The Kier molecular flexibility index (Phi) is 4.70. The summed E-state index contributed by atoms with van der Waals surface area (Å²) in [4.78, 5) is 0. The minimum atomic E-state index is 0.271. The highest BCUT2D eigenvalue weighted by atomic mass is 16.5. The van der Waals surface area contributed by atoms with Crippen molar-refractivity contribution in [3.63, 3.8) is 0 Å². The molecule has 0 heterocycles. The molecule has 0 amide bonds. The van der Waals surface area contributed by atoms with Gasteiger partial charge in [0.15, 0.2) is 6.21 Å². The second-order valence-electron chi connectivity index (χ2n) is 3.09. The molecule has 1 aromatic carbocycles. The molecule has 0 saturated heterocycles. The number of hydrogen-bond acceptors (Lipinski definition) is 4. The Morgan fingerprint density at radius 2 is 2.19 bits per heavy atom. The first-order valence-electron chi connectivity index (χ1n) is 4.68. The molecule has 16 heavy (non-hydrogen) atoms. The molecule has 0 saturated carbocycles. The van der Waals surface area contributed by atoms with Gasteiger partial charge in [-0.15, -0.1) is 0 Å². The van der Waals surface area contributed by atoms with E-state index in [4.69, 9.17) is 21.3 Å². The van der Waals surface area contributed by atoms with E-state index < -0.39 is 0 Å². The largest absolute Gasteiger partial charge is 0.370 e. The van der Waals surface area contributed by atoms with Gasteiger partial charge in [0, 0.05) is 0 Å². The summed E-state index contributed by atoms with van der Waals surface area (Å²) in [6.45, 7) is 0.700. The highest BCUT2D eigenvalue weighted by Gasteiger charge is 1.99. The molecule has 1 aromatic rings. The maximum absolute atomic E-state index is 8.61. The van der Waals surface area contributed by atoms with Crippen molar-refractivity contribution in [2.75, 3.05) is 6.61 Å². The van der Waals surface area contributed by atoms with Crippen molar-refractivity contribution in [3.05, 3.63) is 35.4 Å². The van der Waals surface area contributed by atoms with Crippen LogP contribution < -0.4 is 11.3 Å². The van der Waals surface area contributed by atoms with E-state index in [1.807, 2.05) is 18.2 Å². The van der Waals surface area contributed by atoms with E-state index in [1.165, 1.54) is 6.21 Å². The highest BCUT2D eigenvalue weighted by molar-refractivity contribution is 6.28. The van der Waals surface area contributed by atoms with Crippen LogP contribution in [-0.4, -0.2) is 18.5 Å². The maximum atomic E-state index is 8.61. The monoisotopic (exact) mass is 217 g/mol. The van der Waals surface area contributed by atoms with Crippen molar-refractivity contribution in [2.45, 2.75) is 6.61 Å². The zero-order valence-corrected chi connectivity index (χ0v) is 8.76. The second kappa shape index (κ2) is 6.32. The van der Waals surface area contributed by atoms with Gasteiger partial charge in [0.05, 0.1) is 24.8 Å². The van der Waals surface area contributed by atoms with E-state index in [0.29, 0.717) is 17.9 Å². The van der Waals surface area contributed by atoms with Crippen LogP contribution in [0.15, 0.2) is 29.4 Å². The molecule has 1 rings (SSSR count). The number of hydrogen-bond donors (Lipinski definition) is 2. The summed E-state index contributed by atoms with van der Waals surface area (Å²) in [5.74, 6) is 5.06. The topological polar surface area (TPSA) is 97.0 Å². The average molecular weight is 217 g/mol. The molecule has 0 unspecified atom stereocenters. The summed E-state index contributed by atoms with van der Waals surface area (Å²) >= 11 is 0. The Bertz CT molecular complexity index is 417. The zero-order valence-electron chi connectivity index (χ0n) is 8.76. The van der Waals surface area contributed by atoms with E-state index in [1.54, 1.807) is 12.1 Å². The fourth-order valence-corrected chi connectivity index (χ4v) is 1.08. The number of ether oxygens (including phenoxy) is 1. The predicted octanol–water partition coefficient (Wildman–Crippen LogP) is -0.781. The maximum Gasteiger partial charge on any atom is 0.186 e. The van der Waals surface area contributed by atoms with Gasteiger partial charge in [-0.05, 0) is 17.7 Å². The number of nitrogens with two attached hydrogens (primary N) is 2. The van der Waals surface area contributed by atoms with Crippen molar-refractivity contribution in [2.24, 2.45) is 10.9 Å². The van der Waals surface area contributed by atoms with Crippen LogP contribution in [0.25, 0.3) is 0 Å². The van der Waals surface area contributed by atoms with Gasteiger partial charge in [0.2, 0.25) is 0 Å². The van der Waals surface area contributed by atoms with Gasteiger partial charge in [0.25, 0.3) is 0 Å². The van der Waals surface area contributed by atoms with Crippen LogP contribution in [0.5, 0.6) is 0 Å². The molecule has 0 spiro atoms. The summed E-state index contributed by atoms with van der Waals surface area (Å²) in [5.41, 5.74) is 2.10. The van der Waals surface area contributed by atoms with E-state index in [-0.39, 0.29) is 6.61 Å². The molecular weight excluding hydrogens is 204 g/mol. The van der Waals surface area contributed by atoms with E-state index >= 15 is 0 Å². The Hall–Kier alpha value is -2.19. The molecule has 0 bridgehead atoms. The fraction of sp³-hybridized carbons (Fsp3) is 0.182. The van der Waals surface area contributed by atoms with Crippen molar-refractivity contribution in [1.29, 1.82) is 5.26 Å². The molecule has 82 valence electrons. The standard InChI is InChI=1S/C11H12N4O/c12-5-9-1-3-10(4-2-9)7-16-8-11(6-13)15-14/h1-4,6,13H,7-8,14H2/p+1/b13-6?,15-11+. The molecule has 0 aromatic heterocycles. The lowest BCUT2D eigenvalue weighted by atomic mass is 10.2. The third kappa shape index (κ3) is 3.52. The van der Waals surface area contributed by atoms with Gasteiger partial charge in [-0.3, -0.25) is 5.41 Å². The minimum absolute atomic E-state index is 0.271. The molecule has 4 N–H and O–H groups in total. The van der Waals surface area contributed by atoms with Crippen LogP contribution >= 0.6 is 0 Å². The Balaban J connectivity index is 2.43. The fourth-order valence-electron chi connectivity index (χ4n) is 1.08. The van der Waals surface area contributed by atoms with Crippen LogP contribution in [0, 0.1) is 11.3 Å². The quantitative estimate of drug-likeness (QED) is 0.384. The SMILES string of the molecule is N#Cc1ccc(COC/C(C=[NH2+])=N/N)cc1. The number of rotatable bonds is 5. The summed E-state index contributed by atoms with van der Waals surface area (Å²) < 4.78 is 5.33. The van der Waals surface area contributed by atoms with E-state index in [9.17, 15) is 0 Å². The normalized spacial score (nSPS) is 10.8. The number of nitrogens with zero attached hydrogens (tertiary/aromatic N) is 2. The Morgan fingerprint density at radius 3 is 2.69 bits per heavy atom. The van der Waals surface area contributed by atoms with Gasteiger partial charge in [0.1, 0.15) is 5.71 Å². The lowest BCUT2D eigenvalue weighted by molar-refractivity contribution is -0.103. The molecule has 0 radical (unpaired) electrons. The first-order chi connectivity index (χ1) is 7.80. The molecular formula is C11H13N4O+. The first-order valence-corrected chi connectivity index (χ1v) is 4.68. The van der Waals surface area contributed by atoms with E-state index in [0.717, 1.165) is 5.56 Å². The van der Waals surface area contributed by atoms with Crippen LogP contribution in [0.1, 0.15) is 11.1 Å². The van der Waals surface area contributed by atoms with Gasteiger partial charge in [-0.1, -0.05) is 12.1 Å². The second-order valence-corrected chi connectivity index (χ2v) is 3.09. The van der Waals surface area contributed by atoms with Crippen LogP contribution in [0.2, 0.25) is 0 Å². The van der Waals surface area contributed by atoms with Crippen molar-refractivity contribution < 1.29 is 10.1 Å². The third-order valence-electron chi connectivity index (χ3n) is 1.96. The highest BCUT2D eigenvalue weighted by Crippen LogP contribution is 2.04. The van der Waals surface area contributed by atoms with Gasteiger partial charge >= 0.3 is 0 Å². The van der Waals surface area contributed by atoms with Crippen LogP contribution in [0.3, 0.4) is 0 Å². The smallest absolute Gasteiger partial charge is 0.186 e. The zero-order chi connectivity index (χ0) is 11.8. The predicted molar refractivity (Wildman–Crippen MR) is 60.4 cm³/mol. The number of nitriles is 1. The van der Waals surface area contributed by atoms with Crippen molar-refractivity contribution >= 4 is 11.9 Å². The Labute approximate surface area is 93.7 Å².